The third-order valence-corrected chi connectivity index (χ3v) is 4.76. The second kappa shape index (κ2) is 5.17. The summed E-state index contributed by atoms with van der Waals surface area (Å²) >= 11 is 3.85. The molecule has 1 aromatic carbocycles. The summed E-state index contributed by atoms with van der Waals surface area (Å²) in [5.74, 6) is 1.24. The minimum Gasteiger partial charge on any atom is -0.381 e. The Bertz CT molecular complexity index is 310. The predicted molar refractivity (Wildman–Crippen MR) is 72.2 cm³/mol. The van der Waals surface area contributed by atoms with E-state index in [1.165, 1.54) is 22.8 Å². The van der Waals surface area contributed by atoms with Crippen molar-refractivity contribution >= 4 is 29.2 Å². The van der Waals surface area contributed by atoms with Gasteiger partial charge in [-0.15, -0.1) is 11.8 Å². The van der Waals surface area contributed by atoms with Gasteiger partial charge >= 0.3 is 0 Å². The maximum absolute atomic E-state index is 3.59. The summed E-state index contributed by atoms with van der Waals surface area (Å²) < 4.78 is 0. The molecule has 0 amide bonds. The first kappa shape index (κ1) is 11.2. The molecule has 1 aliphatic rings. The van der Waals surface area contributed by atoms with Crippen molar-refractivity contribution in [2.45, 2.75) is 29.5 Å². The van der Waals surface area contributed by atoms with Gasteiger partial charge in [-0.1, -0.05) is 6.92 Å². The second-order valence-corrected chi connectivity index (χ2v) is 6.30. The summed E-state index contributed by atoms with van der Waals surface area (Å²) in [7, 11) is 0. The molecule has 2 atom stereocenters. The molecular weight excluding hydrogens is 222 g/mol. The minimum absolute atomic E-state index is 0.658. The largest absolute Gasteiger partial charge is 0.381 e. The van der Waals surface area contributed by atoms with Crippen LogP contribution in [-0.2, 0) is 0 Å². The third kappa shape index (κ3) is 3.08. The first-order valence-electron chi connectivity index (χ1n) is 5.30. The molecule has 0 aromatic heterocycles. The normalized spacial score (nSPS) is 25.5. The Balaban J connectivity index is 1.93. The summed E-state index contributed by atoms with van der Waals surface area (Å²) in [4.78, 5) is 1.33. The summed E-state index contributed by atoms with van der Waals surface area (Å²) in [6, 6.07) is 9.38. The molecule has 0 saturated carbocycles. The monoisotopic (exact) mass is 239 g/mol. The van der Waals surface area contributed by atoms with Gasteiger partial charge in [-0.3, -0.25) is 0 Å². The zero-order chi connectivity index (χ0) is 10.7. The van der Waals surface area contributed by atoms with Crippen LogP contribution in [0.3, 0.4) is 0 Å². The number of anilines is 1. The van der Waals surface area contributed by atoms with Gasteiger partial charge in [-0.25, -0.2) is 0 Å². The Labute approximate surface area is 100 Å². The number of thioether (sulfide) groups is 2. The summed E-state index contributed by atoms with van der Waals surface area (Å²) in [5, 5.41) is 4.41. The fourth-order valence-electron chi connectivity index (χ4n) is 1.84. The molecular formula is C12H17NS2. The standard InChI is InChI=1S/C12H17NS2/c1-9-7-11(8-15-9)13-10-3-5-12(14-2)6-4-10/h3-6,9,11,13H,7-8H2,1-2H3. The third-order valence-electron chi connectivity index (χ3n) is 2.66. The van der Waals surface area contributed by atoms with E-state index < -0.39 is 0 Å². The molecule has 1 nitrogen and oxygen atoms in total. The zero-order valence-corrected chi connectivity index (χ0v) is 10.8. The van der Waals surface area contributed by atoms with E-state index >= 15 is 0 Å². The van der Waals surface area contributed by atoms with Gasteiger partial charge in [-0.05, 0) is 36.9 Å². The molecule has 1 heterocycles. The van der Waals surface area contributed by atoms with Crippen molar-refractivity contribution < 1.29 is 0 Å². The van der Waals surface area contributed by atoms with Crippen molar-refractivity contribution in [2.75, 3.05) is 17.3 Å². The van der Waals surface area contributed by atoms with Crippen molar-refractivity contribution in [3.63, 3.8) is 0 Å². The van der Waals surface area contributed by atoms with Crippen molar-refractivity contribution in [1.82, 2.24) is 0 Å². The van der Waals surface area contributed by atoms with Gasteiger partial charge in [0.05, 0.1) is 0 Å². The van der Waals surface area contributed by atoms with Gasteiger partial charge in [-0.2, -0.15) is 11.8 Å². The Morgan fingerprint density at radius 2 is 2.07 bits per heavy atom. The topological polar surface area (TPSA) is 12.0 Å². The van der Waals surface area contributed by atoms with Crippen LogP contribution >= 0.6 is 23.5 Å². The molecule has 0 spiro atoms. The molecule has 1 N–H and O–H groups in total. The Morgan fingerprint density at radius 3 is 2.60 bits per heavy atom. The van der Waals surface area contributed by atoms with Gasteiger partial charge in [0, 0.05) is 27.6 Å². The highest BCUT2D eigenvalue weighted by atomic mass is 32.2. The Hall–Kier alpha value is -0.280. The van der Waals surface area contributed by atoms with Gasteiger partial charge < -0.3 is 5.32 Å². The van der Waals surface area contributed by atoms with Crippen molar-refractivity contribution in [3.05, 3.63) is 24.3 Å². The average Bonchev–Trinajstić information content (AvgIpc) is 2.65. The molecule has 0 radical (unpaired) electrons. The summed E-state index contributed by atoms with van der Waals surface area (Å²) in [6.45, 7) is 2.31. The lowest BCUT2D eigenvalue weighted by Crippen LogP contribution is -2.18. The van der Waals surface area contributed by atoms with Crippen molar-refractivity contribution in [2.24, 2.45) is 0 Å². The molecule has 1 aliphatic heterocycles. The van der Waals surface area contributed by atoms with Crippen LogP contribution in [0, 0.1) is 0 Å². The highest BCUT2D eigenvalue weighted by molar-refractivity contribution is 8.00. The van der Waals surface area contributed by atoms with Crippen LogP contribution in [0.5, 0.6) is 0 Å². The Morgan fingerprint density at radius 1 is 1.33 bits per heavy atom. The van der Waals surface area contributed by atoms with Gasteiger partial charge in [0.1, 0.15) is 0 Å². The molecule has 15 heavy (non-hydrogen) atoms. The Kier molecular flexibility index (Phi) is 3.87. The van der Waals surface area contributed by atoms with Crippen molar-refractivity contribution in [1.29, 1.82) is 0 Å². The maximum atomic E-state index is 3.59. The fourth-order valence-corrected chi connectivity index (χ4v) is 3.40. The van der Waals surface area contributed by atoms with Gasteiger partial charge in [0.2, 0.25) is 0 Å². The van der Waals surface area contributed by atoms with E-state index in [9.17, 15) is 0 Å². The molecule has 1 aromatic rings. The molecule has 0 bridgehead atoms. The van der Waals surface area contributed by atoms with E-state index in [0.29, 0.717) is 6.04 Å². The zero-order valence-electron chi connectivity index (χ0n) is 9.19. The first-order chi connectivity index (χ1) is 7.28. The number of rotatable bonds is 3. The number of hydrogen-bond donors (Lipinski definition) is 1. The van der Waals surface area contributed by atoms with Crippen LogP contribution in [-0.4, -0.2) is 23.3 Å². The number of hydrogen-bond acceptors (Lipinski definition) is 3. The van der Waals surface area contributed by atoms with Crippen LogP contribution in [0.25, 0.3) is 0 Å². The molecule has 82 valence electrons. The lowest BCUT2D eigenvalue weighted by atomic mass is 10.2. The summed E-state index contributed by atoms with van der Waals surface area (Å²) in [5.41, 5.74) is 1.26. The minimum atomic E-state index is 0.658. The van der Waals surface area contributed by atoms with Crippen molar-refractivity contribution in [3.8, 4) is 0 Å². The van der Waals surface area contributed by atoms with Gasteiger partial charge in [0.25, 0.3) is 0 Å². The second-order valence-electron chi connectivity index (χ2n) is 3.95. The van der Waals surface area contributed by atoms with Crippen LogP contribution < -0.4 is 5.32 Å². The predicted octanol–water partition coefficient (Wildman–Crippen LogP) is 3.71. The molecule has 2 rings (SSSR count). The fraction of sp³-hybridized carbons (Fsp3) is 0.500. The van der Waals surface area contributed by atoms with Crippen LogP contribution in [0.15, 0.2) is 29.2 Å². The molecule has 3 heteroatoms. The van der Waals surface area contributed by atoms with E-state index in [-0.39, 0.29) is 0 Å². The SMILES string of the molecule is CSc1ccc(NC2CSC(C)C2)cc1. The highest BCUT2D eigenvalue weighted by Crippen LogP contribution is 2.28. The maximum Gasteiger partial charge on any atom is 0.0362 e. The van der Waals surface area contributed by atoms with Crippen LogP contribution in [0.4, 0.5) is 5.69 Å². The molecule has 2 unspecified atom stereocenters. The van der Waals surface area contributed by atoms with E-state index in [1.807, 2.05) is 0 Å². The van der Waals surface area contributed by atoms with Crippen LogP contribution in [0.2, 0.25) is 0 Å². The molecule has 1 fully saturated rings. The highest BCUT2D eigenvalue weighted by Gasteiger charge is 2.21. The summed E-state index contributed by atoms with van der Waals surface area (Å²) in [6.07, 6.45) is 3.40. The number of nitrogens with one attached hydrogen (secondary N) is 1. The molecule has 1 saturated heterocycles. The average molecular weight is 239 g/mol. The lowest BCUT2D eigenvalue weighted by Gasteiger charge is -2.13. The quantitative estimate of drug-likeness (QED) is 0.808. The van der Waals surface area contributed by atoms with Crippen LogP contribution in [0.1, 0.15) is 13.3 Å². The van der Waals surface area contributed by atoms with E-state index in [4.69, 9.17) is 0 Å². The molecule has 0 aliphatic carbocycles. The number of benzene rings is 1. The van der Waals surface area contributed by atoms with Gasteiger partial charge in [0.15, 0.2) is 0 Å². The lowest BCUT2D eigenvalue weighted by molar-refractivity contribution is 0.747. The van der Waals surface area contributed by atoms with E-state index in [0.717, 1.165) is 5.25 Å². The first-order valence-corrected chi connectivity index (χ1v) is 7.57. The van der Waals surface area contributed by atoms with E-state index in [2.05, 4.69) is 54.5 Å². The smallest absolute Gasteiger partial charge is 0.0362 e. The van der Waals surface area contributed by atoms with E-state index in [1.54, 1.807) is 11.8 Å².